The average molecular weight is 400 g/mol. The molecule has 5 heteroatoms. The van der Waals surface area contributed by atoms with Crippen LogP contribution >= 0.6 is 0 Å². The molecule has 30 heavy (non-hydrogen) atoms. The number of hydrogen-bond donors (Lipinski definition) is 1. The molecule has 5 nitrogen and oxygen atoms in total. The SMILES string of the molecule is Cc1cccc(OCC(=O)Nc2ccc(-c3nc4cc(C(C)C)ccc4o3)cc2)c1. The lowest BCUT2D eigenvalue weighted by Gasteiger charge is -2.08. The van der Waals surface area contributed by atoms with Crippen LogP contribution in [0.25, 0.3) is 22.6 Å². The Morgan fingerprint density at radius 2 is 1.87 bits per heavy atom. The highest BCUT2D eigenvalue weighted by atomic mass is 16.5. The molecule has 152 valence electrons. The zero-order valence-corrected chi connectivity index (χ0v) is 17.3. The van der Waals surface area contributed by atoms with Crippen LogP contribution in [0.2, 0.25) is 0 Å². The highest BCUT2D eigenvalue weighted by molar-refractivity contribution is 5.92. The van der Waals surface area contributed by atoms with Crippen molar-refractivity contribution in [3.63, 3.8) is 0 Å². The fraction of sp³-hybridized carbons (Fsp3) is 0.200. The van der Waals surface area contributed by atoms with Gasteiger partial charge in [0.2, 0.25) is 5.89 Å². The van der Waals surface area contributed by atoms with Gasteiger partial charge in [-0.3, -0.25) is 4.79 Å². The Kier molecular flexibility index (Phi) is 5.53. The van der Waals surface area contributed by atoms with E-state index in [1.54, 1.807) is 0 Å². The standard InChI is InChI=1S/C25H24N2O3/c1-16(2)19-9-12-23-22(14-19)27-25(30-23)18-7-10-20(11-8-18)26-24(28)15-29-21-6-4-5-17(3)13-21/h4-14,16H,15H2,1-3H3,(H,26,28). The number of anilines is 1. The third kappa shape index (κ3) is 4.51. The zero-order valence-electron chi connectivity index (χ0n) is 17.3. The highest BCUT2D eigenvalue weighted by Crippen LogP contribution is 2.27. The van der Waals surface area contributed by atoms with Crippen LogP contribution in [0.3, 0.4) is 0 Å². The Bertz CT molecular complexity index is 1180. The Hall–Kier alpha value is -3.60. The van der Waals surface area contributed by atoms with Gasteiger partial charge in [-0.05, 0) is 72.5 Å². The number of oxazole rings is 1. The fourth-order valence-corrected chi connectivity index (χ4v) is 3.17. The lowest BCUT2D eigenvalue weighted by atomic mass is 10.0. The first kappa shape index (κ1) is 19.7. The maximum absolute atomic E-state index is 12.2. The van der Waals surface area contributed by atoms with Crippen molar-refractivity contribution in [2.45, 2.75) is 26.7 Å². The Morgan fingerprint density at radius 1 is 1.07 bits per heavy atom. The van der Waals surface area contributed by atoms with E-state index in [1.165, 1.54) is 5.56 Å². The molecule has 4 aromatic rings. The van der Waals surface area contributed by atoms with Gasteiger partial charge in [-0.15, -0.1) is 0 Å². The van der Waals surface area contributed by atoms with Crippen LogP contribution in [0.5, 0.6) is 5.75 Å². The molecular formula is C25H24N2O3. The summed E-state index contributed by atoms with van der Waals surface area (Å²) >= 11 is 0. The van der Waals surface area contributed by atoms with Gasteiger partial charge < -0.3 is 14.5 Å². The largest absolute Gasteiger partial charge is 0.484 e. The molecule has 0 spiro atoms. The van der Waals surface area contributed by atoms with Gasteiger partial charge >= 0.3 is 0 Å². The van der Waals surface area contributed by atoms with E-state index in [1.807, 2.05) is 61.5 Å². The zero-order chi connectivity index (χ0) is 21.1. The molecule has 3 aromatic carbocycles. The smallest absolute Gasteiger partial charge is 0.262 e. The van der Waals surface area contributed by atoms with E-state index < -0.39 is 0 Å². The second-order valence-electron chi connectivity index (χ2n) is 7.63. The van der Waals surface area contributed by atoms with Gasteiger partial charge in [0.15, 0.2) is 12.2 Å². The molecule has 1 aromatic heterocycles. The van der Waals surface area contributed by atoms with Crippen molar-refractivity contribution < 1.29 is 13.9 Å². The molecule has 1 amide bonds. The molecular weight excluding hydrogens is 376 g/mol. The van der Waals surface area contributed by atoms with Crippen LogP contribution in [-0.4, -0.2) is 17.5 Å². The summed E-state index contributed by atoms with van der Waals surface area (Å²) in [4.78, 5) is 16.8. The lowest BCUT2D eigenvalue weighted by molar-refractivity contribution is -0.118. The number of nitrogens with zero attached hydrogens (tertiary/aromatic N) is 1. The number of benzene rings is 3. The minimum absolute atomic E-state index is 0.0471. The Morgan fingerprint density at radius 3 is 2.60 bits per heavy atom. The summed E-state index contributed by atoms with van der Waals surface area (Å²) in [7, 11) is 0. The number of aromatic nitrogens is 1. The van der Waals surface area contributed by atoms with Crippen molar-refractivity contribution in [3.8, 4) is 17.2 Å². The monoisotopic (exact) mass is 400 g/mol. The number of hydrogen-bond acceptors (Lipinski definition) is 4. The molecule has 4 rings (SSSR count). The van der Waals surface area contributed by atoms with Gasteiger partial charge in [0, 0.05) is 11.3 Å². The topological polar surface area (TPSA) is 64.4 Å². The molecule has 0 unspecified atom stereocenters. The molecule has 0 aliphatic rings. The van der Waals surface area contributed by atoms with E-state index >= 15 is 0 Å². The number of carbonyl (C=O) groups is 1. The molecule has 0 atom stereocenters. The first-order chi connectivity index (χ1) is 14.5. The van der Waals surface area contributed by atoms with Gasteiger partial charge in [0.25, 0.3) is 5.91 Å². The summed E-state index contributed by atoms with van der Waals surface area (Å²) in [6.45, 7) is 6.24. The van der Waals surface area contributed by atoms with E-state index in [2.05, 4.69) is 36.3 Å². The molecule has 0 fully saturated rings. The number of rotatable bonds is 6. The van der Waals surface area contributed by atoms with Gasteiger partial charge in [-0.25, -0.2) is 4.98 Å². The number of amides is 1. The minimum atomic E-state index is -0.215. The van der Waals surface area contributed by atoms with Gasteiger partial charge in [0.05, 0.1) is 0 Å². The minimum Gasteiger partial charge on any atom is -0.484 e. The second kappa shape index (κ2) is 8.41. The molecule has 0 saturated heterocycles. The predicted molar refractivity (Wildman–Crippen MR) is 119 cm³/mol. The highest BCUT2D eigenvalue weighted by Gasteiger charge is 2.11. The summed E-state index contributed by atoms with van der Waals surface area (Å²) < 4.78 is 11.4. The lowest BCUT2D eigenvalue weighted by Crippen LogP contribution is -2.20. The van der Waals surface area contributed by atoms with Crippen LogP contribution < -0.4 is 10.1 Å². The number of aryl methyl sites for hydroxylation is 1. The third-order valence-electron chi connectivity index (χ3n) is 4.85. The maximum Gasteiger partial charge on any atom is 0.262 e. The number of fused-ring (bicyclic) bond motifs is 1. The van der Waals surface area contributed by atoms with Crippen LogP contribution in [0.4, 0.5) is 5.69 Å². The Labute approximate surface area is 175 Å². The van der Waals surface area contributed by atoms with Crippen LogP contribution in [0, 0.1) is 6.92 Å². The molecule has 0 radical (unpaired) electrons. The van der Waals surface area contributed by atoms with Crippen molar-refractivity contribution in [2.24, 2.45) is 0 Å². The molecule has 0 aliphatic carbocycles. The van der Waals surface area contributed by atoms with E-state index in [0.717, 1.165) is 22.2 Å². The summed E-state index contributed by atoms with van der Waals surface area (Å²) in [6, 6.07) is 21.1. The first-order valence-electron chi connectivity index (χ1n) is 9.98. The van der Waals surface area contributed by atoms with E-state index in [9.17, 15) is 4.79 Å². The number of nitrogens with one attached hydrogen (secondary N) is 1. The molecule has 1 heterocycles. The van der Waals surface area contributed by atoms with Crippen molar-refractivity contribution >= 4 is 22.7 Å². The average Bonchev–Trinajstić information content (AvgIpc) is 3.16. The van der Waals surface area contributed by atoms with Crippen molar-refractivity contribution in [1.82, 2.24) is 4.98 Å². The van der Waals surface area contributed by atoms with Gasteiger partial charge in [0.1, 0.15) is 11.3 Å². The first-order valence-corrected chi connectivity index (χ1v) is 9.98. The van der Waals surface area contributed by atoms with Crippen molar-refractivity contribution in [2.75, 3.05) is 11.9 Å². The van der Waals surface area contributed by atoms with Crippen LogP contribution in [0.1, 0.15) is 30.9 Å². The second-order valence-corrected chi connectivity index (χ2v) is 7.63. The summed E-state index contributed by atoms with van der Waals surface area (Å²) in [5.41, 5.74) is 5.47. The molecule has 1 N–H and O–H groups in total. The molecule has 0 aliphatic heterocycles. The van der Waals surface area contributed by atoms with E-state index in [4.69, 9.17) is 9.15 Å². The predicted octanol–water partition coefficient (Wildman–Crippen LogP) is 5.94. The van der Waals surface area contributed by atoms with E-state index in [0.29, 0.717) is 23.2 Å². The van der Waals surface area contributed by atoms with Gasteiger partial charge in [-0.2, -0.15) is 0 Å². The number of carbonyl (C=O) groups excluding carboxylic acids is 1. The third-order valence-corrected chi connectivity index (χ3v) is 4.85. The molecule has 0 saturated carbocycles. The summed E-state index contributed by atoms with van der Waals surface area (Å²) in [5.74, 6) is 1.46. The van der Waals surface area contributed by atoms with Gasteiger partial charge in [-0.1, -0.05) is 32.0 Å². The van der Waals surface area contributed by atoms with Crippen molar-refractivity contribution in [3.05, 3.63) is 77.9 Å². The Balaban J connectivity index is 1.41. The van der Waals surface area contributed by atoms with Crippen LogP contribution in [-0.2, 0) is 4.79 Å². The summed E-state index contributed by atoms with van der Waals surface area (Å²) in [6.07, 6.45) is 0. The van der Waals surface area contributed by atoms with Crippen LogP contribution in [0.15, 0.2) is 71.1 Å². The molecule has 0 bridgehead atoms. The quantitative estimate of drug-likeness (QED) is 0.435. The maximum atomic E-state index is 12.2. The fourth-order valence-electron chi connectivity index (χ4n) is 3.17. The normalized spacial score (nSPS) is 11.1. The summed E-state index contributed by atoms with van der Waals surface area (Å²) in [5, 5.41) is 2.84. The van der Waals surface area contributed by atoms with E-state index in [-0.39, 0.29) is 12.5 Å². The van der Waals surface area contributed by atoms with Crippen molar-refractivity contribution in [1.29, 1.82) is 0 Å². The number of ether oxygens (including phenoxy) is 1.